The molecule has 0 spiro atoms. The number of nitrogens with two attached hydrogens (primary N) is 1. The molecule has 0 aliphatic carbocycles. The molecule has 0 aliphatic rings. The Kier molecular flexibility index (Phi) is 7.61. The number of carboxylic acid groups (broad SMARTS) is 1. The van der Waals surface area contributed by atoms with E-state index in [0.29, 0.717) is 20.6 Å². The first-order chi connectivity index (χ1) is 16.1. The average Bonchev–Trinajstić information content (AvgIpc) is 2.81. The number of aliphatic carboxylic acids is 1. The molecular weight excluding hydrogens is 464 g/mol. The topological polar surface area (TPSA) is 164 Å². The molecule has 10 nitrogen and oxygen atoms in total. The molecule has 2 atom stereocenters. The summed E-state index contributed by atoms with van der Waals surface area (Å²) in [6.07, 6.45) is 0. The van der Waals surface area contributed by atoms with Gasteiger partial charge in [0.2, 0.25) is 0 Å². The Hall–Kier alpha value is -3.80. The summed E-state index contributed by atoms with van der Waals surface area (Å²) in [6, 6.07) is 17.7. The lowest BCUT2D eigenvalue weighted by Gasteiger charge is -2.25. The van der Waals surface area contributed by atoms with Crippen molar-refractivity contribution in [1.82, 2.24) is 0 Å². The number of anilines is 1. The molecule has 0 saturated heterocycles. The van der Waals surface area contributed by atoms with Gasteiger partial charge in [0.15, 0.2) is 5.78 Å². The number of fused-ring (bicyclic) bond motifs is 1. The summed E-state index contributed by atoms with van der Waals surface area (Å²) in [5.74, 6) is -6.05. The van der Waals surface area contributed by atoms with Crippen LogP contribution >= 0.6 is 0 Å². The maximum Gasteiger partial charge on any atom is 0.360 e. The first kappa shape index (κ1) is 24.8. The number of carboxylic acids is 1. The van der Waals surface area contributed by atoms with Crippen LogP contribution in [0.2, 0.25) is 0 Å². The third-order valence-electron chi connectivity index (χ3n) is 5.08. The Morgan fingerprint density at radius 1 is 0.941 bits per heavy atom. The number of hydrogen-bond acceptors (Lipinski definition) is 7. The summed E-state index contributed by atoms with van der Waals surface area (Å²) < 4.78 is 39.7. The molecule has 178 valence electrons. The fourth-order valence-electron chi connectivity index (χ4n) is 3.40. The molecule has 4 N–H and O–H groups in total. The zero-order chi connectivity index (χ0) is 24.9. The molecule has 0 aromatic heterocycles. The zero-order valence-corrected chi connectivity index (χ0v) is 18.6. The van der Waals surface area contributed by atoms with Gasteiger partial charge in [0.05, 0.1) is 12.2 Å². The molecule has 3 aromatic carbocycles. The van der Waals surface area contributed by atoms with E-state index >= 15 is 0 Å². The summed E-state index contributed by atoms with van der Waals surface area (Å²) in [7, 11) is -4.99. The molecule has 0 amide bonds. The van der Waals surface area contributed by atoms with E-state index in [1.165, 1.54) is 12.1 Å². The van der Waals surface area contributed by atoms with Crippen LogP contribution in [0.1, 0.15) is 5.56 Å². The maximum absolute atomic E-state index is 13.0. The fourth-order valence-corrected chi connectivity index (χ4v) is 4.09. The molecular formula is C23H22N2O8S. The molecule has 0 heterocycles. The molecule has 0 saturated carbocycles. The largest absolute Gasteiger partial charge is 0.480 e. The second-order valence-electron chi connectivity index (χ2n) is 7.38. The third kappa shape index (κ3) is 5.76. The van der Waals surface area contributed by atoms with Crippen molar-refractivity contribution in [3.05, 3.63) is 78.4 Å². The van der Waals surface area contributed by atoms with Crippen LogP contribution in [-0.4, -0.2) is 48.4 Å². The van der Waals surface area contributed by atoms with Gasteiger partial charge in [-0.15, -0.1) is 0 Å². The number of benzene rings is 3. The molecule has 0 fully saturated rings. The number of hydrogen-bond donors (Lipinski definition) is 3. The van der Waals surface area contributed by atoms with Crippen LogP contribution in [0.3, 0.4) is 0 Å². The molecule has 0 aliphatic heterocycles. The Morgan fingerprint density at radius 3 is 2.21 bits per heavy atom. The smallest absolute Gasteiger partial charge is 0.360 e. The number of carbonyl (C=O) groups excluding carboxylic acids is 2. The number of ether oxygens (including phenoxy) is 1. The van der Waals surface area contributed by atoms with Gasteiger partial charge in [-0.3, -0.25) is 18.9 Å². The van der Waals surface area contributed by atoms with Crippen molar-refractivity contribution in [1.29, 1.82) is 0 Å². The van der Waals surface area contributed by atoms with E-state index < -0.39 is 46.5 Å². The summed E-state index contributed by atoms with van der Waals surface area (Å²) in [4.78, 5) is 37.2. The van der Waals surface area contributed by atoms with E-state index in [9.17, 15) is 32.5 Å². The molecule has 34 heavy (non-hydrogen) atoms. The van der Waals surface area contributed by atoms with Gasteiger partial charge >= 0.3 is 22.2 Å². The van der Waals surface area contributed by atoms with Gasteiger partial charge in [-0.1, -0.05) is 66.7 Å². The quantitative estimate of drug-likeness (QED) is 0.220. The van der Waals surface area contributed by atoms with Crippen molar-refractivity contribution >= 4 is 44.5 Å². The lowest BCUT2D eigenvalue weighted by molar-refractivity contribution is -0.158. The SMILES string of the molecule is NC(C(=O)O)C(C(=O)CN(c1cccc2ccccc12)S(=O)(=O)O)C(=O)OCc1ccccc1. The van der Waals surface area contributed by atoms with E-state index in [2.05, 4.69) is 0 Å². The third-order valence-corrected chi connectivity index (χ3v) is 5.97. The Balaban J connectivity index is 1.92. The van der Waals surface area contributed by atoms with Crippen LogP contribution in [0.4, 0.5) is 5.69 Å². The van der Waals surface area contributed by atoms with E-state index in [1.807, 2.05) is 0 Å². The molecule has 3 rings (SSSR count). The highest BCUT2D eigenvalue weighted by atomic mass is 32.2. The number of ketones is 1. The van der Waals surface area contributed by atoms with Crippen LogP contribution in [0.15, 0.2) is 72.8 Å². The monoisotopic (exact) mass is 486 g/mol. The zero-order valence-electron chi connectivity index (χ0n) is 17.8. The van der Waals surface area contributed by atoms with Gasteiger partial charge in [-0.05, 0) is 17.0 Å². The van der Waals surface area contributed by atoms with E-state index in [1.54, 1.807) is 60.7 Å². The summed E-state index contributed by atoms with van der Waals surface area (Å²) in [5, 5.41) is 10.4. The standard InChI is InChI=1S/C23H22N2O8S/c24-21(22(27)28)20(23(29)33-14-15-7-2-1-3-8-15)19(26)13-25(34(30,31)32)18-12-6-10-16-9-4-5-11-17(16)18/h1-12,20-21H,13-14,24H2,(H,27,28)(H,30,31,32). The molecule has 0 bridgehead atoms. The number of Topliss-reactive ketones (excluding diaryl/α,β-unsaturated/α-hetero) is 1. The lowest BCUT2D eigenvalue weighted by atomic mass is 9.95. The molecule has 3 aromatic rings. The van der Waals surface area contributed by atoms with Crippen LogP contribution in [-0.2, 0) is 36.0 Å². The Morgan fingerprint density at radius 2 is 1.56 bits per heavy atom. The van der Waals surface area contributed by atoms with Gasteiger partial charge in [0, 0.05) is 5.39 Å². The average molecular weight is 487 g/mol. The molecule has 2 unspecified atom stereocenters. The first-order valence-electron chi connectivity index (χ1n) is 10.0. The van der Waals surface area contributed by atoms with Crippen molar-refractivity contribution < 1.29 is 37.2 Å². The second-order valence-corrected chi connectivity index (χ2v) is 8.72. The van der Waals surface area contributed by atoms with Crippen molar-refractivity contribution in [2.24, 2.45) is 11.7 Å². The summed E-state index contributed by atoms with van der Waals surface area (Å²) in [6.45, 7) is -1.29. The van der Waals surface area contributed by atoms with Gasteiger partial charge in [0.25, 0.3) is 0 Å². The molecule has 11 heteroatoms. The van der Waals surface area contributed by atoms with Crippen molar-refractivity contribution in [2.75, 3.05) is 10.8 Å². The Bertz CT molecular complexity index is 1310. The second kappa shape index (κ2) is 10.4. The highest BCUT2D eigenvalue weighted by Gasteiger charge is 2.40. The fraction of sp³-hybridized carbons (Fsp3) is 0.174. The van der Waals surface area contributed by atoms with Crippen LogP contribution in [0, 0.1) is 5.92 Å². The number of esters is 1. The minimum absolute atomic E-state index is 0.0331. The van der Waals surface area contributed by atoms with Gasteiger partial charge in [0.1, 0.15) is 18.6 Å². The highest BCUT2D eigenvalue weighted by Crippen LogP contribution is 2.28. The van der Waals surface area contributed by atoms with E-state index in [-0.39, 0.29) is 12.3 Å². The van der Waals surface area contributed by atoms with E-state index in [0.717, 1.165) is 0 Å². The summed E-state index contributed by atoms with van der Waals surface area (Å²) in [5.41, 5.74) is 6.15. The minimum Gasteiger partial charge on any atom is -0.480 e. The van der Waals surface area contributed by atoms with Crippen molar-refractivity contribution in [3.63, 3.8) is 0 Å². The van der Waals surface area contributed by atoms with Gasteiger partial charge in [-0.2, -0.15) is 8.42 Å². The van der Waals surface area contributed by atoms with Crippen molar-refractivity contribution in [2.45, 2.75) is 12.6 Å². The van der Waals surface area contributed by atoms with Crippen LogP contribution < -0.4 is 10.0 Å². The predicted molar refractivity (Wildman–Crippen MR) is 123 cm³/mol. The minimum atomic E-state index is -4.99. The number of nitrogens with zero attached hydrogens (tertiary/aromatic N) is 1. The van der Waals surface area contributed by atoms with Crippen LogP contribution in [0.25, 0.3) is 10.8 Å². The van der Waals surface area contributed by atoms with E-state index in [4.69, 9.17) is 10.5 Å². The van der Waals surface area contributed by atoms with Gasteiger partial charge in [-0.25, -0.2) is 4.31 Å². The number of rotatable bonds is 10. The lowest BCUT2D eigenvalue weighted by Crippen LogP contribution is -2.50. The molecule has 0 radical (unpaired) electrons. The van der Waals surface area contributed by atoms with Gasteiger partial charge < -0.3 is 15.6 Å². The normalized spacial score (nSPS) is 13.1. The summed E-state index contributed by atoms with van der Waals surface area (Å²) >= 11 is 0. The van der Waals surface area contributed by atoms with Crippen LogP contribution in [0.5, 0.6) is 0 Å². The Labute approximate surface area is 195 Å². The number of carbonyl (C=O) groups is 3. The highest BCUT2D eigenvalue weighted by molar-refractivity contribution is 7.87. The first-order valence-corrected chi connectivity index (χ1v) is 11.4. The maximum atomic E-state index is 13.0. The predicted octanol–water partition coefficient (Wildman–Crippen LogP) is 1.79. The van der Waals surface area contributed by atoms with Crippen molar-refractivity contribution in [3.8, 4) is 0 Å².